The Bertz CT molecular complexity index is 1380. The van der Waals surface area contributed by atoms with E-state index >= 15 is 0 Å². The molecule has 3 aliphatic rings. The number of nitrogens with one attached hydrogen (secondary N) is 1. The lowest BCUT2D eigenvalue weighted by Gasteiger charge is -2.31. The lowest BCUT2D eigenvalue weighted by molar-refractivity contribution is -0.119. The molecule has 2 atom stereocenters. The Morgan fingerprint density at radius 3 is 2.49 bits per heavy atom. The van der Waals surface area contributed by atoms with Gasteiger partial charge < -0.3 is 19.7 Å². The monoisotopic (exact) mass is 530 g/mol. The van der Waals surface area contributed by atoms with E-state index in [4.69, 9.17) is 4.98 Å². The number of hydrogen-bond acceptors (Lipinski definition) is 7. The van der Waals surface area contributed by atoms with Crippen LogP contribution in [0.15, 0.2) is 30.6 Å². The molecule has 2 aliphatic heterocycles. The molecule has 0 radical (unpaired) electrons. The molecule has 206 valence electrons. The van der Waals surface area contributed by atoms with Gasteiger partial charge in [-0.05, 0) is 57.7 Å². The van der Waals surface area contributed by atoms with Gasteiger partial charge in [-0.2, -0.15) is 4.98 Å². The smallest absolute Gasteiger partial charge is 0.270 e. The second-order valence-electron chi connectivity index (χ2n) is 11.7. The Hall–Kier alpha value is -3.53. The van der Waals surface area contributed by atoms with Crippen LogP contribution in [0.4, 0.5) is 17.5 Å². The summed E-state index contributed by atoms with van der Waals surface area (Å²) in [5, 5.41) is 4.08. The maximum atomic E-state index is 13.1. The summed E-state index contributed by atoms with van der Waals surface area (Å²) in [5.74, 6) is 1.17. The van der Waals surface area contributed by atoms with E-state index in [9.17, 15) is 9.59 Å². The zero-order chi connectivity index (χ0) is 27.3. The highest BCUT2D eigenvalue weighted by Gasteiger charge is 2.41. The van der Waals surface area contributed by atoms with Gasteiger partial charge in [0, 0.05) is 62.8 Å². The number of anilines is 3. The van der Waals surface area contributed by atoms with Gasteiger partial charge >= 0.3 is 0 Å². The number of carbonyl (C=O) groups excluding carboxylic acids is 2. The summed E-state index contributed by atoms with van der Waals surface area (Å²) in [7, 11) is 3.55. The van der Waals surface area contributed by atoms with E-state index in [0.717, 1.165) is 55.2 Å². The van der Waals surface area contributed by atoms with Crippen LogP contribution in [-0.4, -0.2) is 79.9 Å². The summed E-state index contributed by atoms with van der Waals surface area (Å²) in [6.07, 6.45) is 10.7. The SMILES string of the molecule is CC(C)N1[C@@H]2CC[C@H]1CN(c1ccc(Nc3ncc4cc(C(=O)N(C)C)n(C5CCCC5)c4n3)nc1)C(=O)C2. The summed E-state index contributed by atoms with van der Waals surface area (Å²) >= 11 is 0. The van der Waals surface area contributed by atoms with Gasteiger partial charge in [0.1, 0.15) is 17.2 Å². The second-order valence-corrected chi connectivity index (χ2v) is 11.7. The fraction of sp³-hybridized carbons (Fsp3) is 0.552. The summed E-state index contributed by atoms with van der Waals surface area (Å²) < 4.78 is 2.10. The standard InChI is InChI=1S/C29H38N8O2/c1-18(2)36-21-9-10-23(36)17-35(26(38)14-21)22-11-12-25(30-16-22)32-29-31-15-19-13-24(28(39)34(3)4)37(27(19)33-29)20-7-5-6-8-20/h11-13,15-16,18,20-21,23H,5-10,14,17H2,1-4H3,(H,30,31,32,33)/t21-,23+/m1/s1. The molecular weight excluding hydrogens is 492 g/mol. The Morgan fingerprint density at radius 2 is 1.79 bits per heavy atom. The number of rotatable bonds is 6. The Kier molecular flexibility index (Phi) is 6.74. The first-order chi connectivity index (χ1) is 18.8. The Labute approximate surface area is 229 Å². The number of hydrogen-bond donors (Lipinski definition) is 1. The average molecular weight is 531 g/mol. The largest absolute Gasteiger partial charge is 0.343 e. The molecule has 5 heterocycles. The van der Waals surface area contributed by atoms with Gasteiger partial charge in [-0.1, -0.05) is 12.8 Å². The first kappa shape index (κ1) is 25.7. The summed E-state index contributed by atoms with van der Waals surface area (Å²) in [4.78, 5) is 46.0. The minimum Gasteiger partial charge on any atom is -0.343 e. The molecular formula is C29H38N8O2. The third kappa shape index (κ3) is 4.75. The summed E-state index contributed by atoms with van der Waals surface area (Å²) in [6.45, 7) is 5.14. The fourth-order valence-electron chi connectivity index (χ4n) is 6.82. The molecule has 3 fully saturated rings. The predicted molar refractivity (Wildman–Crippen MR) is 151 cm³/mol. The maximum absolute atomic E-state index is 13.1. The Morgan fingerprint density at radius 1 is 1.03 bits per heavy atom. The van der Waals surface area contributed by atoms with Crippen molar-refractivity contribution in [1.29, 1.82) is 0 Å². The molecule has 10 nitrogen and oxygen atoms in total. The molecule has 1 aliphatic carbocycles. The molecule has 3 aromatic rings. The lowest BCUT2D eigenvalue weighted by Crippen LogP contribution is -2.43. The number of aromatic nitrogens is 4. The Balaban J connectivity index is 1.24. The summed E-state index contributed by atoms with van der Waals surface area (Å²) in [6, 6.07) is 7.14. The molecule has 2 saturated heterocycles. The highest BCUT2D eigenvalue weighted by molar-refractivity contribution is 5.98. The molecule has 3 aromatic heterocycles. The van der Waals surface area contributed by atoms with Gasteiger partial charge in [0.15, 0.2) is 0 Å². The van der Waals surface area contributed by atoms with E-state index < -0.39 is 0 Å². The van der Waals surface area contributed by atoms with Crippen molar-refractivity contribution in [2.75, 3.05) is 30.9 Å². The quantitative estimate of drug-likeness (QED) is 0.505. The highest BCUT2D eigenvalue weighted by Crippen LogP contribution is 2.36. The average Bonchev–Trinajstić information content (AvgIpc) is 3.63. The van der Waals surface area contributed by atoms with Crippen LogP contribution in [0.2, 0.25) is 0 Å². The molecule has 6 rings (SSSR count). The van der Waals surface area contributed by atoms with Crippen molar-refractivity contribution < 1.29 is 9.59 Å². The molecule has 0 aromatic carbocycles. The highest BCUT2D eigenvalue weighted by atomic mass is 16.2. The maximum Gasteiger partial charge on any atom is 0.270 e. The third-order valence-corrected chi connectivity index (χ3v) is 8.57. The van der Waals surface area contributed by atoms with Gasteiger partial charge in [0.2, 0.25) is 11.9 Å². The van der Waals surface area contributed by atoms with Crippen molar-refractivity contribution in [3.05, 3.63) is 36.3 Å². The van der Waals surface area contributed by atoms with Crippen LogP contribution in [0.3, 0.4) is 0 Å². The molecule has 10 heteroatoms. The number of pyridine rings is 1. The second kappa shape index (κ2) is 10.2. The van der Waals surface area contributed by atoms with Crippen LogP contribution >= 0.6 is 0 Å². The van der Waals surface area contributed by atoms with Crippen LogP contribution in [0.5, 0.6) is 0 Å². The van der Waals surface area contributed by atoms with Crippen molar-refractivity contribution in [2.45, 2.75) is 83.0 Å². The predicted octanol–water partition coefficient (Wildman–Crippen LogP) is 4.36. The van der Waals surface area contributed by atoms with Crippen LogP contribution < -0.4 is 10.2 Å². The van der Waals surface area contributed by atoms with Gasteiger partial charge in [-0.25, -0.2) is 9.97 Å². The van der Waals surface area contributed by atoms with Crippen LogP contribution in [0.1, 0.15) is 75.3 Å². The van der Waals surface area contributed by atoms with Crippen molar-refractivity contribution >= 4 is 40.3 Å². The van der Waals surface area contributed by atoms with Crippen LogP contribution in [0.25, 0.3) is 11.0 Å². The van der Waals surface area contributed by atoms with Crippen LogP contribution in [0, 0.1) is 0 Å². The van der Waals surface area contributed by atoms with Gasteiger partial charge in [-0.15, -0.1) is 0 Å². The van der Waals surface area contributed by atoms with E-state index in [1.807, 2.05) is 23.1 Å². The lowest BCUT2D eigenvalue weighted by atomic mass is 10.1. The molecule has 0 unspecified atom stereocenters. The van der Waals surface area contributed by atoms with Crippen molar-refractivity contribution in [2.24, 2.45) is 0 Å². The zero-order valence-corrected chi connectivity index (χ0v) is 23.3. The first-order valence-corrected chi connectivity index (χ1v) is 14.2. The van der Waals surface area contributed by atoms with E-state index in [1.165, 1.54) is 0 Å². The van der Waals surface area contributed by atoms with E-state index in [0.29, 0.717) is 48.6 Å². The number of fused-ring (bicyclic) bond motifs is 3. The molecule has 1 saturated carbocycles. The topological polar surface area (TPSA) is 99.5 Å². The van der Waals surface area contributed by atoms with Gasteiger partial charge in [0.25, 0.3) is 5.91 Å². The van der Waals surface area contributed by atoms with Crippen LogP contribution in [-0.2, 0) is 4.79 Å². The van der Waals surface area contributed by atoms with Gasteiger partial charge in [-0.3, -0.25) is 14.5 Å². The third-order valence-electron chi connectivity index (χ3n) is 8.57. The number of carbonyl (C=O) groups is 2. The zero-order valence-electron chi connectivity index (χ0n) is 23.3. The minimum atomic E-state index is -0.0283. The minimum absolute atomic E-state index is 0.0283. The molecule has 2 amide bonds. The molecule has 2 bridgehead atoms. The normalized spacial score (nSPS) is 22.2. The molecule has 0 spiro atoms. The van der Waals surface area contributed by atoms with Crippen molar-refractivity contribution in [3.63, 3.8) is 0 Å². The summed E-state index contributed by atoms with van der Waals surface area (Å²) in [5.41, 5.74) is 2.24. The molecule has 39 heavy (non-hydrogen) atoms. The van der Waals surface area contributed by atoms with E-state index in [1.54, 1.807) is 31.4 Å². The fourth-order valence-corrected chi connectivity index (χ4v) is 6.82. The number of nitrogens with zero attached hydrogens (tertiary/aromatic N) is 7. The van der Waals surface area contributed by atoms with E-state index in [2.05, 4.69) is 38.6 Å². The van der Waals surface area contributed by atoms with E-state index in [-0.39, 0.29) is 17.9 Å². The first-order valence-electron chi connectivity index (χ1n) is 14.2. The van der Waals surface area contributed by atoms with Crippen molar-refractivity contribution in [3.8, 4) is 0 Å². The van der Waals surface area contributed by atoms with Crippen molar-refractivity contribution in [1.82, 2.24) is 29.3 Å². The van der Waals surface area contributed by atoms with Gasteiger partial charge in [0.05, 0.1) is 11.9 Å². The molecule has 1 N–H and O–H groups in total. The number of amides is 2.